The molecule has 1 fully saturated rings. The summed E-state index contributed by atoms with van der Waals surface area (Å²) in [4.78, 5) is 38.6. The average molecular weight is 369 g/mol. The Hall–Kier alpha value is -3.09. The number of benzene rings is 1. The zero-order valence-corrected chi connectivity index (χ0v) is 15.2. The van der Waals surface area contributed by atoms with Gasteiger partial charge in [-0.15, -0.1) is 0 Å². The van der Waals surface area contributed by atoms with Gasteiger partial charge in [0.1, 0.15) is 6.04 Å². The van der Waals surface area contributed by atoms with Crippen molar-refractivity contribution >= 4 is 23.4 Å². The quantitative estimate of drug-likeness (QED) is 0.846. The molecule has 7 nitrogen and oxygen atoms in total. The molecule has 7 heteroatoms. The normalized spacial score (nSPS) is 15.8. The van der Waals surface area contributed by atoms with Gasteiger partial charge in [-0.3, -0.25) is 14.4 Å². The fraction of sp³-hybridized carbons (Fsp3) is 0.350. The van der Waals surface area contributed by atoms with Crippen molar-refractivity contribution in [3.63, 3.8) is 0 Å². The van der Waals surface area contributed by atoms with Crippen molar-refractivity contribution in [1.82, 2.24) is 10.2 Å². The van der Waals surface area contributed by atoms with Gasteiger partial charge in [-0.1, -0.05) is 18.2 Å². The summed E-state index contributed by atoms with van der Waals surface area (Å²) in [5.74, 6) is -0.546. The van der Waals surface area contributed by atoms with Crippen LogP contribution in [0.5, 0.6) is 0 Å². The first kappa shape index (κ1) is 18.7. The minimum Gasteiger partial charge on any atom is -0.459 e. The van der Waals surface area contributed by atoms with E-state index < -0.39 is 11.9 Å². The van der Waals surface area contributed by atoms with E-state index in [1.54, 1.807) is 24.0 Å². The van der Waals surface area contributed by atoms with Crippen molar-refractivity contribution in [2.24, 2.45) is 5.92 Å². The molecule has 2 N–H and O–H groups in total. The summed E-state index contributed by atoms with van der Waals surface area (Å²) in [6.45, 7) is 2.64. The molecule has 1 atom stereocenters. The van der Waals surface area contributed by atoms with Crippen molar-refractivity contribution in [2.45, 2.75) is 25.8 Å². The Morgan fingerprint density at radius 1 is 1.07 bits per heavy atom. The molecule has 2 heterocycles. The number of anilines is 1. The number of furan rings is 1. The van der Waals surface area contributed by atoms with E-state index in [2.05, 4.69) is 10.6 Å². The summed E-state index contributed by atoms with van der Waals surface area (Å²) in [5.41, 5.74) is 0.773. The standard InChI is InChI=1S/C20H23N3O4/c1-14(21-19(25)17-8-5-13-27-17)20(26)23-11-9-15(10-12-23)18(24)22-16-6-3-2-4-7-16/h2-8,13-15H,9-12H2,1H3,(H,21,25)(H,22,24). The number of hydrogen-bond donors (Lipinski definition) is 2. The molecular formula is C20H23N3O4. The van der Waals surface area contributed by atoms with E-state index in [4.69, 9.17) is 4.42 Å². The van der Waals surface area contributed by atoms with Crippen LogP contribution in [0, 0.1) is 5.92 Å². The number of para-hydroxylation sites is 1. The predicted molar refractivity (Wildman–Crippen MR) is 100 cm³/mol. The van der Waals surface area contributed by atoms with Gasteiger partial charge < -0.3 is 20.0 Å². The second-order valence-corrected chi connectivity index (χ2v) is 6.63. The molecule has 142 valence electrons. The highest BCUT2D eigenvalue weighted by Gasteiger charge is 2.30. The van der Waals surface area contributed by atoms with Crippen molar-refractivity contribution < 1.29 is 18.8 Å². The van der Waals surface area contributed by atoms with E-state index in [0.717, 1.165) is 5.69 Å². The second-order valence-electron chi connectivity index (χ2n) is 6.63. The molecule has 0 spiro atoms. The number of rotatable bonds is 5. The number of likely N-dealkylation sites (tertiary alicyclic amines) is 1. The van der Waals surface area contributed by atoms with E-state index >= 15 is 0 Å². The molecule has 1 aliphatic heterocycles. The van der Waals surface area contributed by atoms with Crippen molar-refractivity contribution in [3.8, 4) is 0 Å². The molecule has 1 unspecified atom stereocenters. The van der Waals surface area contributed by atoms with Crippen LogP contribution in [0.3, 0.4) is 0 Å². The van der Waals surface area contributed by atoms with Crippen LogP contribution in [0.25, 0.3) is 0 Å². The van der Waals surface area contributed by atoms with Gasteiger partial charge in [0.15, 0.2) is 5.76 Å². The van der Waals surface area contributed by atoms with Crippen molar-refractivity contribution in [2.75, 3.05) is 18.4 Å². The highest BCUT2D eigenvalue weighted by molar-refractivity contribution is 5.95. The summed E-state index contributed by atoms with van der Waals surface area (Å²) in [6, 6.07) is 11.8. The van der Waals surface area contributed by atoms with Gasteiger partial charge in [-0.2, -0.15) is 0 Å². The lowest BCUT2D eigenvalue weighted by molar-refractivity contribution is -0.135. The molecule has 0 aliphatic carbocycles. The van der Waals surface area contributed by atoms with Crippen LogP contribution in [-0.4, -0.2) is 41.8 Å². The number of piperidine rings is 1. The molecule has 3 amide bonds. The lowest BCUT2D eigenvalue weighted by Gasteiger charge is -2.33. The zero-order valence-electron chi connectivity index (χ0n) is 15.2. The molecule has 0 bridgehead atoms. The molecule has 1 aliphatic rings. The first-order valence-electron chi connectivity index (χ1n) is 9.03. The minimum atomic E-state index is -0.655. The highest BCUT2D eigenvalue weighted by Crippen LogP contribution is 2.20. The molecule has 0 radical (unpaired) electrons. The largest absolute Gasteiger partial charge is 0.459 e. The third kappa shape index (κ3) is 4.75. The molecule has 3 rings (SSSR count). The fourth-order valence-corrected chi connectivity index (χ4v) is 3.14. The van der Waals surface area contributed by atoms with Crippen LogP contribution in [-0.2, 0) is 9.59 Å². The fourth-order valence-electron chi connectivity index (χ4n) is 3.14. The predicted octanol–water partition coefficient (Wildman–Crippen LogP) is 2.28. The van der Waals surface area contributed by atoms with Gasteiger partial charge in [0.05, 0.1) is 6.26 Å². The topological polar surface area (TPSA) is 91.7 Å². The van der Waals surface area contributed by atoms with Crippen molar-refractivity contribution in [3.05, 3.63) is 54.5 Å². The van der Waals surface area contributed by atoms with Gasteiger partial charge in [-0.05, 0) is 44.0 Å². The molecule has 27 heavy (non-hydrogen) atoms. The summed E-state index contributed by atoms with van der Waals surface area (Å²) < 4.78 is 5.03. The van der Waals surface area contributed by atoms with E-state index in [1.165, 1.54) is 6.26 Å². The number of nitrogens with one attached hydrogen (secondary N) is 2. The molecule has 1 aromatic heterocycles. The van der Waals surface area contributed by atoms with Gasteiger partial charge in [-0.25, -0.2) is 0 Å². The smallest absolute Gasteiger partial charge is 0.287 e. The van der Waals surface area contributed by atoms with Crippen molar-refractivity contribution in [1.29, 1.82) is 0 Å². The molecule has 2 aromatic rings. The second kappa shape index (κ2) is 8.53. The maximum absolute atomic E-state index is 12.6. The van der Waals surface area contributed by atoms with Gasteiger partial charge in [0, 0.05) is 24.7 Å². The number of nitrogens with zero attached hydrogens (tertiary/aromatic N) is 1. The lowest BCUT2D eigenvalue weighted by Crippen LogP contribution is -2.50. The van der Waals surface area contributed by atoms with Crippen LogP contribution in [0.1, 0.15) is 30.3 Å². The summed E-state index contributed by atoms with van der Waals surface area (Å²) >= 11 is 0. The van der Waals surface area contributed by atoms with Gasteiger partial charge >= 0.3 is 0 Å². The first-order valence-corrected chi connectivity index (χ1v) is 9.03. The maximum atomic E-state index is 12.6. The first-order chi connectivity index (χ1) is 13.0. The Bertz CT molecular complexity index is 781. The maximum Gasteiger partial charge on any atom is 0.287 e. The Labute approximate surface area is 157 Å². The molecule has 1 aromatic carbocycles. The highest BCUT2D eigenvalue weighted by atomic mass is 16.3. The van der Waals surface area contributed by atoms with E-state index in [-0.39, 0.29) is 23.5 Å². The number of carbonyl (C=O) groups is 3. The van der Waals surface area contributed by atoms with Gasteiger partial charge in [0.2, 0.25) is 11.8 Å². The summed E-state index contributed by atoms with van der Waals surface area (Å²) in [7, 11) is 0. The van der Waals surface area contributed by atoms with Crippen LogP contribution < -0.4 is 10.6 Å². The number of hydrogen-bond acceptors (Lipinski definition) is 4. The Balaban J connectivity index is 1.47. The third-order valence-electron chi connectivity index (χ3n) is 4.68. The Morgan fingerprint density at radius 2 is 1.78 bits per heavy atom. The van der Waals surface area contributed by atoms with Crippen LogP contribution in [0.4, 0.5) is 5.69 Å². The zero-order chi connectivity index (χ0) is 19.2. The molecule has 0 saturated carbocycles. The summed E-state index contributed by atoms with van der Waals surface area (Å²) in [6.07, 6.45) is 2.61. The Morgan fingerprint density at radius 3 is 2.41 bits per heavy atom. The van der Waals surface area contributed by atoms with Gasteiger partial charge in [0.25, 0.3) is 5.91 Å². The Kier molecular flexibility index (Phi) is 5.90. The van der Waals surface area contributed by atoms with Crippen LogP contribution >= 0.6 is 0 Å². The molecular weight excluding hydrogens is 346 g/mol. The molecule has 1 saturated heterocycles. The van der Waals surface area contributed by atoms with Crippen LogP contribution in [0.2, 0.25) is 0 Å². The van der Waals surface area contributed by atoms with E-state index in [9.17, 15) is 14.4 Å². The van der Waals surface area contributed by atoms with Crippen LogP contribution in [0.15, 0.2) is 53.1 Å². The number of carbonyl (C=O) groups excluding carboxylic acids is 3. The van der Waals surface area contributed by atoms with E-state index in [0.29, 0.717) is 25.9 Å². The SMILES string of the molecule is CC(NC(=O)c1ccco1)C(=O)N1CCC(C(=O)Nc2ccccc2)CC1. The monoisotopic (exact) mass is 369 g/mol. The summed E-state index contributed by atoms with van der Waals surface area (Å²) in [5, 5.41) is 5.55. The third-order valence-corrected chi connectivity index (χ3v) is 4.68. The lowest BCUT2D eigenvalue weighted by atomic mass is 9.95. The minimum absolute atomic E-state index is 0.0209. The number of amides is 3. The van der Waals surface area contributed by atoms with E-state index in [1.807, 2.05) is 30.3 Å². The average Bonchev–Trinajstić information content (AvgIpc) is 3.23.